The lowest BCUT2D eigenvalue weighted by atomic mass is 10.1. The molecule has 0 spiro atoms. The average Bonchev–Trinajstić information content (AvgIpc) is 2.54. The molecule has 3 N–H and O–H groups in total. The van der Waals surface area contributed by atoms with Gasteiger partial charge in [0.2, 0.25) is 5.91 Å². The Labute approximate surface area is 133 Å². The van der Waals surface area contributed by atoms with Gasteiger partial charge in [0.1, 0.15) is 0 Å². The summed E-state index contributed by atoms with van der Waals surface area (Å²) in [5.41, 5.74) is 5.94. The van der Waals surface area contributed by atoms with Crippen molar-refractivity contribution in [2.24, 2.45) is 5.73 Å². The van der Waals surface area contributed by atoms with E-state index in [1.807, 2.05) is 0 Å². The molecule has 128 valence electrons. The third-order valence-electron chi connectivity index (χ3n) is 3.96. The molecular weight excluding hydrogens is 307 g/mol. The maximum atomic E-state index is 12.5. The number of nitrogens with zero attached hydrogens (tertiary/aromatic N) is 1. The number of hydrogen-bond donors (Lipinski definition) is 2. The van der Waals surface area contributed by atoms with Crippen LogP contribution in [-0.2, 0) is 17.5 Å². The molecule has 1 atom stereocenters. The number of nitrogens with two attached hydrogens (primary N) is 1. The minimum absolute atomic E-state index is 0.0652. The molecule has 1 aliphatic rings. The fourth-order valence-electron chi connectivity index (χ4n) is 2.62. The Morgan fingerprint density at radius 2 is 1.78 bits per heavy atom. The zero-order chi connectivity index (χ0) is 16.9. The van der Waals surface area contributed by atoms with Crippen LogP contribution < -0.4 is 11.1 Å². The molecule has 1 amide bonds. The van der Waals surface area contributed by atoms with Gasteiger partial charge in [-0.05, 0) is 37.0 Å². The summed E-state index contributed by atoms with van der Waals surface area (Å²) in [5, 5.41) is 3.03. The van der Waals surface area contributed by atoms with Crippen LogP contribution in [0, 0.1) is 0 Å². The summed E-state index contributed by atoms with van der Waals surface area (Å²) >= 11 is 0. The first kappa shape index (κ1) is 17.7. The number of amides is 1. The van der Waals surface area contributed by atoms with Crippen molar-refractivity contribution in [1.82, 2.24) is 10.2 Å². The van der Waals surface area contributed by atoms with Gasteiger partial charge in [-0.1, -0.05) is 12.1 Å². The highest BCUT2D eigenvalue weighted by molar-refractivity contribution is 5.82. The molecule has 1 heterocycles. The number of rotatable bonds is 5. The van der Waals surface area contributed by atoms with Crippen molar-refractivity contribution < 1.29 is 18.0 Å². The highest BCUT2D eigenvalue weighted by atomic mass is 19.4. The summed E-state index contributed by atoms with van der Waals surface area (Å²) in [6.07, 6.45) is -1.16. The first-order chi connectivity index (χ1) is 10.9. The van der Waals surface area contributed by atoms with Crippen molar-refractivity contribution in [3.8, 4) is 0 Å². The Kier molecular flexibility index (Phi) is 6.01. The second-order valence-corrected chi connectivity index (χ2v) is 5.82. The molecule has 0 aliphatic carbocycles. The normalized spacial score (nSPS) is 17.1. The monoisotopic (exact) mass is 329 g/mol. The minimum Gasteiger partial charge on any atom is -0.341 e. The van der Waals surface area contributed by atoms with Crippen molar-refractivity contribution in [3.05, 3.63) is 35.4 Å². The summed E-state index contributed by atoms with van der Waals surface area (Å²) in [4.78, 5) is 13.9. The van der Waals surface area contributed by atoms with Crippen LogP contribution in [0.15, 0.2) is 24.3 Å². The zero-order valence-electron chi connectivity index (χ0n) is 12.9. The Hall–Kier alpha value is -1.60. The van der Waals surface area contributed by atoms with Gasteiger partial charge in [0.25, 0.3) is 0 Å². The standard InChI is InChI=1S/C16H22F3N3O/c17-16(18,19)13-6-4-12(5-7-13)10-21-11-14(20)15(23)22-8-2-1-3-9-22/h4-7,14,21H,1-3,8-11,20H2. The van der Waals surface area contributed by atoms with Gasteiger partial charge in [0.05, 0.1) is 11.6 Å². The SMILES string of the molecule is NC(CNCc1ccc(C(F)(F)F)cc1)C(=O)N1CCCCC1. The molecule has 1 fully saturated rings. The van der Waals surface area contributed by atoms with Gasteiger partial charge in [-0.2, -0.15) is 13.2 Å². The van der Waals surface area contributed by atoms with Crippen LogP contribution in [0.25, 0.3) is 0 Å². The molecule has 1 saturated heterocycles. The van der Waals surface area contributed by atoms with Gasteiger partial charge in [-0.3, -0.25) is 4.79 Å². The Bertz CT molecular complexity index is 510. The average molecular weight is 329 g/mol. The maximum Gasteiger partial charge on any atom is 0.416 e. The predicted octanol–water partition coefficient (Wildman–Crippen LogP) is 2.13. The molecule has 0 aromatic heterocycles. The molecule has 0 saturated carbocycles. The van der Waals surface area contributed by atoms with Gasteiger partial charge >= 0.3 is 6.18 Å². The number of halogens is 3. The highest BCUT2D eigenvalue weighted by Gasteiger charge is 2.29. The fraction of sp³-hybridized carbons (Fsp3) is 0.562. The molecule has 1 aromatic rings. The van der Waals surface area contributed by atoms with E-state index in [1.54, 1.807) is 4.90 Å². The van der Waals surface area contributed by atoms with Crippen molar-refractivity contribution in [1.29, 1.82) is 0 Å². The Morgan fingerprint density at radius 1 is 1.17 bits per heavy atom. The first-order valence-electron chi connectivity index (χ1n) is 7.79. The van der Waals surface area contributed by atoms with Gasteiger partial charge in [-0.15, -0.1) is 0 Å². The van der Waals surface area contributed by atoms with Crippen molar-refractivity contribution in [2.75, 3.05) is 19.6 Å². The molecule has 4 nitrogen and oxygen atoms in total. The molecule has 1 aliphatic heterocycles. The van der Waals surface area contributed by atoms with Crippen molar-refractivity contribution in [2.45, 2.75) is 38.0 Å². The quantitative estimate of drug-likeness (QED) is 0.870. The largest absolute Gasteiger partial charge is 0.416 e. The number of carbonyl (C=O) groups is 1. The molecule has 0 bridgehead atoms. The maximum absolute atomic E-state index is 12.5. The van der Waals surface area contributed by atoms with E-state index in [-0.39, 0.29) is 5.91 Å². The summed E-state index contributed by atoms with van der Waals surface area (Å²) in [6.45, 7) is 2.19. The van der Waals surface area contributed by atoms with Crippen LogP contribution in [0.1, 0.15) is 30.4 Å². The minimum atomic E-state index is -4.32. The molecule has 0 radical (unpaired) electrons. The third kappa shape index (κ3) is 5.21. The number of nitrogens with one attached hydrogen (secondary N) is 1. The topological polar surface area (TPSA) is 58.4 Å². The summed E-state index contributed by atoms with van der Waals surface area (Å²) < 4.78 is 37.4. The van der Waals surface area contributed by atoms with Crippen LogP contribution in [-0.4, -0.2) is 36.5 Å². The van der Waals surface area contributed by atoms with E-state index in [4.69, 9.17) is 5.73 Å². The number of piperidine rings is 1. The lowest BCUT2D eigenvalue weighted by Gasteiger charge is -2.29. The molecule has 7 heteroatoms. The molecule has 23 heavy (non-hydrogen) atoms. The van der Waals surface area contributed by atoms with E-state index in [0.29, 0.717) is 13.1 Å². The molecule has 2 rings (SSSR count). The van der Waals surface area contributed by atoms with Gasteiger partial charge in [0, 0.05) is 26.2 Å². The molecular formula is C16H22F3N3O. The third-order valence-corrected chi connectivity index (χ3v) is 3.96. The number of alkyl halides is 3. The van der Waals surface area contributed by atoms with E-state index in [1.165, 1.54) is 12.1 Å². The Morgan fingerprint density at radius 3 is 2.35 bits per heavy atom. The van der Waals surface area contributed by atoms with E-state index in [9.17, 15) is 18.0 Å². The van der Waals surface area contributed by atoms with E-state index >= 15 is 0 Å². The number of likely N-dealkylation sites (tertiary alicyclic amines) is 1. The lowest BCUT2D eigenvalue weighted by Crippen LogP contribution is -2.50. The molecule has 1 aromatic carbocycles. The van der Waals surface area contributed by atoms with Crippen LogP contribution in [0.2, 0.25) is 0 Å². The molecule has 1 unspecified atom stereocenters. The summed E-state index contributed by atoms with van der Waals surface area (Å²) in [6, 6.07) is 4.33. The van der Waals surface area contributed by atoms with Crippen LogP contribution in [0.5, 0.6) is 0 Å². The number of hydrogen-bond acceptors (Lipinski definition) is 3. The van der Waals surface area contributed by atoms with Gasteiger partial charge in [0.15, 0.2) is 0 Å². The van der Waals surface area contributed by atoms with Gasteiger partial charge < -0.3 is 16.0 Å². The Balaban J connectivity index is 1.76. The lowest BCUT2D eigenvalue weighted by molar-refractivity contribution is -0.137. The van der Waals surface area contributed by atoms with Crippen LogP contribution >= 0.6 is 0 Å². The summed E-state index contributed by atoms with van der Waals surface area (Å²) in [7, 11) is 0. The predicted molar refractivity (Wildman–Crippen MR) is 81.6 cm³/mol. The van der Waals surface area contributed by atoms with Crippen LogP contribution in [0.3, 0.4) is 0 Å². The van der Waals surface area contributed by atoms with E-state index < -0.39 is 17.8 Å². The van der Waals surface area contributed by atoms with E-state index in [0.717, 1.165) is 50.0 Å². The van der Waals surface area contributed by atoms with Crippen molar-refractivity contribution in [3.63, 3.8) is 0 Å². The zero-order valence-corrected chi connectivity index (χ0v) is 12.9. The van der Waals surface area contributed by atoms with Crippen LogP contribution in [0.4, 0.5) is 13.2 Å². The number of benzene rings is 1. The second-order valence-electron chi connectivity index (χ2n) is 5.82. The van der Waals surface area contributed by atoms with Gasteiger partial charge in [-0.25, -0.2) is 0 Å². The first-order valence-corrected chi connectivity index (χ1v) is 7.79. The highest BCUT2D eigenvalue weighted by Crippen LogP contribution is 2.29. The smallest absolute Gasteiger partial charge is 0.341 e. The van der Waals surface area contributed by atoms with E-state index in [2.05, 4.69) is 5.32 Å². The fourth-order valence-corrected chi connectivity index (χ4v) is 2.62. The second kappa shape index (κ2) is 7.79. The number of carbonyl (C=O) groups excluding carboxylic acids is 1. The van der Waals surface area contributed by atoms with Crippen molar-refractivity contribution >= 4 is 5.91 Å². The summed E-state index contributed by atoms with van der Waals surface area (Å²) in [5.74, 6) is -0.0652.